The van der Waals surface area contributed by atoms with Gasteiger partial charge in [-0.25, -0.2) is 0 Å². The van der Waals surface area contributed by atoms with Crippen LogP contribution in [0.4, 0.5) is 0 Å². The second-order valence-corrected chi connectivity index (χ2v) is 2.51. The molecule has 0 saturated heterocycles. The van der Waals surface area contributed by atoms with Gasteiger partial charge in [0, 0.05) is 20.3 Å². The molecule has 1 N–H and O–H groups in total. The first-order valence-electron chi connectivity index (χ1n) is 4.10. The fourth-order valence-corrected chi connectivity index (χ4v) is 0.864. The first-order valence-corrected chi connectivity index (χ1v) is 4.10. The van der Waals surface area contributed by atoms with Gasteiger partial charge in [0.15, 0.2) is 0 Å². The molecule has 0 aliphatic rings. The van der Waals surface area contributed by atoms with Gasteiger partial charge in [0.25, 0.3) is 0 Å². The van der Waals surface area contributed by atoms with Crippen LogP contribution in [0.5, 0.6) is 0 Å². The van der Waals surface area contributed by atoms with Crippen LogP contribution in [0, 0.1) is 0 Å². The quantitative estimate of drug-likeness (QED) is 0.594. The molecule has 0 aromatic carbocycles. The lowest BCUT2D eigenvalue weighted by atomic mass is 10.3. The molecule has 0 radical (unpaired) electrons. The summed E-state index contributed by atoms with van der Waals surface area (Å²) in [6.07, 6.45) is 1.26. The van der Waals surface area contributed by atoms with Crippen LogP contribution >= 0.6 is 0 Å². The van der Waals surface area contributed by atoms with E-state index in [9.17, 15) is 0 Å². The third kappa shape index (κ3) is 6.28. The second kappa shape index (κ2) is 7.98. The number of rotatable bonds is 7. The van der Waals surface area contributed by atoms with Crippen LogP contribution in [-0.4, -0.2) is 40.0 Å². The van der Waals surface area contributed by atoms with Crippen molar-refractivity contribution >= 4 is 0 Å². The van der Waals surface area contributed by atoms with Crippen molar-refractivity contribution in [2.75, 3.05) is 33.9 Å². The van der Waals surface area contributed by atoms with E-state index >= 15 is 0 Å². The minimum atomic E-state index is 0.199. The average Bonchev–Trinajstić information content (AvgIpc) is 2.01. The fourth-order valence-electron chi connectivity index (χ4n) is 0.864. The molecule has 0 amide bonds. The van der Waals surface area contributed by atoms with Crippen molar-refractivity contribution in [2.45, 2.75) is 19.4 Å². The molecule has 0 saturated carbocycles. The Morgan fingerprint density at radius 2 is 2.18 bits per heavy atom. The van der Waals surface area contributed by atoms with Crippen molar-refractivity contribution in [3.8, 4) is 0 Å². The van der Waals surface area contributed by atoms with Crippen molar-refractivity contribution in [1.29, 1.82) is 0 Å². The maximum atomic E-state index is 5.48. The van der Waals surface area contributed by atoms with Crippen molar-refractivity contribution in [3.05, 3.63) is 0 Å². The van der Waals surface area contributed by atoms with Gasteiger partial charge in [-0.1, -0.05) is 6.92 Å². The molecule has 0 bridgehead atoms. The topological polar surface area (TPSA) is 30.5 Å². The normalized spacial score (nSPS) is 13.4. The Labute approximate surface area is 69.1 Å². The average molecular weight is 161 g/mol. The van der Waals surface area contributed by atoms with Crippen LogP contribution in [0.3, 0.4) is 0 Å². The van der Waals surface area contributed by atoms with Crippen LogP contribution < -0.4 is 5.32 Å². The number of nitrogens with one attached hydrogen (secondary N) is 1. The molecule has 0 heterocycles. The summed E-state index contributed by atoms with van der Waals surface area (Å²) >= 11 is 0. The standard InChI is InChI=1S/C8H19NO2/c1-4-5-11-8(6-9-2)7-10-3/h8-9H,4-7H2,1-3H3. The minimum absolute atomic E-state index is 0.199. The summed E-state index contributed by atoms with van der Waals surface area (Å²) in [4.78, 5) is 0. The summed E-state index contributed by atoms with van der Waals surface area (Å²) in [5, 5.41) is 3.06. The van der Waals surface area contributed by atoms with Gasteiger partial charge in [0.1, 0.15) is 0 Å². The number of ether oxygens (including phenoxy) is 2. The van der Waals surface area contributed by atoms with E-state index in [2.05, 4.69) is 12.2 Å². The van der Waals surface area contributed by atoms with Crippen molar-refractivity contribution in [2.24, 2.45) is 0 Å². The Morgan fingerprint density at radius 3 is 2.64 bits per heavy atom. The van der Waals surface area contributed by atoms with Gasteiger partial charge in [-0.15, -0.1) is 0 Å². The lowest BCUT2D eigenvalue weighted by molar-refractivity contribution is 0.000334. The highest BCUT2D eigenvalue weighted by molar-refractivity contribution is 4.57. The maximum Gasteiger partial charge on any atom is 0.0932 e. The minimum Gasteiger partial charge on any atom is -0.382 e. The van der Waals surface area contributed by atoms with Crippen LogP contribution in [0.25, 0.3) is 0 Å². The monoisotopic (exact) mass is 161 g/mol. The van der Waals surface area contributed by atoms with Gasteiger partial charge >= 0.3 is 0 Å². The fraction of sp³-hybridized carbons (Fsp3) is 1.00. The van der Waals surface area contributed by atoms with E-state index in [1.807, 2.05) is 7.05 Å². The number of hydrogen-bond acceptors (Lipinski definition) is 3. The van der Waals surface area contributed by atoms with Gasteiger partial charge in [-0.05, 0) is 13.5 Å². The summed E-state index contributed by atoms with van der Waals surface area (Å²) in [5.41, 5.74) is 0. The van der Waals surface area contributed by atoms with Gasteiger partial charge in [0.2, 0.25) is 0 Å². The molecule has 68 valence electrons. The highest BCUT2D eigenvalue weighted by Crippen LogP contribution is 1.92. The number of hydrogen-bond donors (Lipinski definition) is 1. The van der Waals surface area contributed by atoms with E-state index in [1.165, 1.54) is 0 Å². The van der Waals surface area contributed by atoms with Gasteiger partial charge in [0.05, 0.1) is 12.7 Å². The van der Waals surface area contributed by atoms with Crippen LogP contribution in [0.1, 0.15) is 13.3 Å². The highest BCUT2D eigenvalue weighted by Gasteiger charge is 2.05. The van der Waals surface area contributed by atoms with Gasteiger partial charge in [-0.2, -0.15) is 0 Å². The van der Waals surface area contributed by atoms with Crippen molar-refractivity contribution < 1.29 is 9.47 Å². The Bertz CT molecular complexity index is 72.5. The molecule has 11 heavy (non-hydrogen) atoms. The van der Waals surface area contributed by atoms with Crippen LogP contribution in [0.15, 0.2) is 0 Å². The predicted octanol–water partition coefficient (Wildman–Crippen LogP) is 0.647. The summed E-state index contributed by atoms with van der Waals surface area (Å²) < 4.78 is 10.5. The largest absolute Gasteiger partial charge is 0.382 e. The maximum absolute atomic E-state index is 5.48. The van der Waals surface area contributed by atoms with Gasteiger partial charge < -0.3 is 14.8 Å². The Kier molecular flexibility index (Phi) is 7.89. The zero-order valence-corrected chi connectivity index (χ0v) is 7.72. The summed E-state index contributed by atoms with van der Waals surface area (Å²) in [6.45, 7) is 4.44. The third-order valence-electron chi connectivity index (χ3n) is 1.34. The van der Waals surface area contributed by atoms with E-state index < -0.39 is 0 Å². The molecule has 0 rings (SSSR count). The van der Waals surface area contributed by atoms with Crippen molar-refractivity contribution in [3.63, 3.8) is 0 Å². The van der Waals surface area contributed by atoms with Crippen LogP contribution in [-0.2, 0) is 9.47 Å². The zero-order valence-electron chi connectivity index (χ0n) is 7.72. The molecule has 0 fully saturated rings. The molecular formula is C8H19NO2. The predicted molar refractivity (Wildman–Crippen MR) is 45.8 cm³/mol. The molecule has 3 heteroatoms. The Balaban J connectivity index is 3.34. The van der Waals surface area contributed by atoms with E-state index in [0.717, 1.165) is 19.6 Å². The summed E-state index contributed by atoms with van der Waals surface area (Å²) in [5.74, 6) is 0. The zero-order chi connectivity index (χ0) is 8.53. The molecule has 0 aromatic rings. The first-order chi connectivity index (χ1) is 5.35. The Hall–Kier alpha value is -0.120. The first kappa shape index (κ1) is 10.9. The SMILES string of the molecule is CCCOC(CNC)COC. The molecule has 0 spiro atoms. The van der Waals surface area contributed by atoms with E-state index in [1.54, 1.807) is 7.11 Å². The highest BCUT2D eigenvalue weighted by atomic mass is 16.5. The Morgan fingerprint density at radius 1 is 1.45 bits per heavy atom. The van der Waals surface area contributed by atoms with E-state index in [0.29, 0.717) is 6.61 Å². The summed E-state index contributed by atoms with van der Waals surface area (Å²) in [6, 6.07) is 0. The van der Waals surface area contributed by atoms with E-state index in [4.69, 9.17) is 9.47 Å². The molecule has 1 atom stereocenters. The lowest BCUT2D eigenvalue weighted by Gasteiger charge is -2.15. The molecule has 0 aliphatic heterocycles. The molecular weight excluding hydrogens is 142 g/mol. The number of methoxy groups -OCH3 is 1. The van der Waals surface area contributed by atoms with E-state index in [-0.39, 0.29) is 6.10 Å². The van der Waals surface area contributed by atoms with Crippen LogP contribution in [0.2, 0.25) is 0 Å². The molecule has 1 unspecified atom stereocenters. The van der Waals surface area contributed by atoms with Gasteiger partial charge in [-0.3, -0.25) is 0 Å². The second-order valence-electron chi connectivity index (χ2n) is 2.51. The number of likely N-dealkylation sites (N-methyl/N-ethyl adjacent to an activating group) is 1. The molecule has 0 aromatic heterocycles. The third-order valence-corrected chi connectivity index (χ3v) is 1.34. The smallest absolute Gasteiger partial charge is 0.0932 e. The molecule has 3 nitrogen and oxygen atoms in total. The summed E-state index contributed by atoms with van der Waals surface area (Å²) in [7, 11) is 3.61. The van der Waals surface area contributed by atoms with Crippen molar-refractivity contribution in [1.82, 2.24) is 5.32 Å². The lowest BCUT2D eigenvalue weighted by Crippen LogP contribution is -2.30. The molecule has 0 aliphatic carbocycles.